The molecule has 2 aliphatic heterocycles. The second kappa shape index (κ2) is 6.93. The monoisotopic (exact) mass is 403 g/mol. The predicted octanol–water partition coefficient (Wildman–Crippen LogP) is 2.97. The van der Waals surface area contributed by atoms with E-state index in [0.717, 1.165) is 35.7 Å². The summed E-state index contributed by atoms with van der Waals surface area (Å²) in [7, 11) is 0. The Morgan fingerprint density at radius 3 is 2.70 bits per heavy atom. The fourth-order valence-electron chi connectivity index (χ4n) is 4.69. The highest BCUT2D eigenvalue weighted by Crippen LogP contribution is 2.33. The van der Waals surface area contributed by atoms with Crippen molar-refractivity contribution in [3.8, 4) is 0 Å². The summed E-state index contributed by atoms with van der Waals surface area (Å²) in [5.41, 5.74) is 2.88. The standard InChI is InChI=1S/C23H25N5O2/c1-15(2)28-20-18(14-25-28)12-23(26-21(20)29)7-9-27(10-8-23)22(30)17-11-16-5-3-4-6-19(16)24-13-17/h3-6,11,13-15H,7-10,12H2,1-2H3,(H,26,29). The average molecular weight is 403 g/mol. The highest BCUT2D eigenvalue weighted by molar-refractivity contribution is 5.98. The largest absolute Gasteiger partial charge is 0.345 e. The van der Waals surface area contributed by atoms with Gasteiger partial charge in [-0.3, -0.25) is 19.3 Å². The molecule has 0 aliphatic carbocycles. The summed E-state index contributed by atoms with van der Waals surface area (Å²) < 4.78 is 1.79. The number of nitrogens with one attached hydrogen (secondary N) is 1. The molecule has 7 nitrogen and oxygen atoms in total. The highest BCUT2D eigenvalue weighted by atomic mass is 16.2. The van der Waals surface area contributed by atoms with E-state index in [1.807, 2.05) is 55.3 Å². The number of likely N-dealkylation sites (tertiary alicyclic amines) is 1. The first-order valence-corrected chi connectivity index (χ1v) is 10.5. The van der Waals surface area contributed by atoms with E-state index in [9.17, 15) is 9.59 Å². The molecule has 0 atom stereocenters. The molecule has 5 rings (SSSR count). The third-order valence-corrected chi connectivity index (χ3v) is 6.33. The second-order valence-electron chi connectivity index (χ2n) is 8.68. The Hall–Kier alpha value is -3.22. The van der Waals surface area contributed by atoms with Crippen LogP contribution in [-0.2, 0) is 6.42 Å². The number of carbonyl (C=O) groups is 2. The maximum Gasteiger partial charge on any atom is 0.270 e. The second-order valence-corrected chi connectivity index (χ2v) is 8.68. The Bertz CT molecular complexity index is 1140. The van der Waals surface area contributed by atoms with E-state index < -0.39 is 0 Å². The summed E-state index contributed by atoms with van der Waals surface area (Å²) in [6, 6.07) is 9.85. The molecule has 3 aromatic rings. The van der Waals surface area contributed by atoms with Crippen molar-refractivity contribution in [2.24, 2.45) is 0 Å². The smallest absolute Gasteiger partial charge is 0.270 e. The van der Waals surface area contributed by atoms with Gasteiger partial charge < -0.3 is 10.2 Å². The summed E-state index contributed by atoms with van der Waals surface area (Å²) in [6.45, 7) is 5.27. The highest BCUT2D eigenvalue weighted by Gasteiger charge is 2.43. The molecule has 2 amide bonds. The molecule has 154 valence electrons. The van der Waals surface area contributed by atoms with Crippen molar-refractivity contribution < 1.29 is 9.59 Å². The molecule has 0 saturated carbocycles. The Morgan fingerprint density at radius 1 is 1.17 bits per heavy atom. The van der Waals surface area contributed by atoms with Crippen LogP contribution in [-0.4, -0.2) is 50.1 Å². The number of amides is 2. The predicted molar refractivity (Wildman–Crippen MR) is 113 cm³/mol. The summed E-state index contributed by atoms with van der Waals surface area (Å²) in [4.78, 5) is 32.2. The van der Waals surface area contributed by atoms with E-state index >= 15 is 0 Å². The van der Waals surface area contributed by atoms with Crippen molar-refractivity contribution in [3.63, 3.8) is 0 Å². The number of piperidine rings is 1. The van der Waals surface area contributed by atoms with Gasteiger partial charge in [0.1, 0.15) is 5.69 Å². The SMILES string of the molecule is CC(C)n1ncc2c1C(=O)NC1(CCN(C(=O)c3cnc4ccccc4c3)CC1)C2. The van der Waals surface area contributed by atoms with Gasteiger partial charge in [0.15, 0.2) is 0 Å². The molecule has 1 spiro atoms. The molecule has 7 heteroatoms. The fourth-order valence-corrected chi connectivity index (χ4v) is 4.69. The first kappa shape index (κ1) is 18.8. The van der Waals surface area contributed by atoms with Crippen molar-refractivity contribution in [1.29, 1.82) is 0 Å². The van der Waals surface area contributed by atoms with Gasteiger partial charge in [0.2, 0.25) is 0 Å². The number of rotatable bonds is 2. The van der Waals surface area contributed by atoms with Gasteiger partial charge in [-0.2, -0.15) is 5.10 Å². The van der Waals surface area contributed by atoms with Crippen LogP contribution in [0.25, 0.3) is 10.9 Å². The lowest BCUT2D eigenvalue weighted by Gasteiger charge is -2.44. The summed E-state index contributed by atoms with van der Waals surface area (Å²) in [5, 5.41) is 8.62. The Labute approximate surface area is 175 Å². The van der Waals surface area contributed by atoms with Gasteiger partial charge in [-0.15, -0.1) is 0 Å². The number of hydrogen-bond donors (Lipinski definition) is 1. The lowest BCUT2D eigenvalue weighted by atomic mass is 9.79. The maximum atomic E-state index is 13.0. The molecule has 1 fully saturated rings. The number of benzene rings is 1. The quantitative estimate of drug-likeness (QED) is 0.713. The molecule has 4 heterocycles. The van der Waals surface area contributed by atoms with E-state index in [4.69, 9.17) is 0 Å². The number of fused-ring (bicyclic) bond motifs is 2. The number of pyridine rings is 1. The van der Waals surface area contributed by atoms with Gasteiger partial charge in [0, 0.05) is 41.8 Å². The zero-order chi connectivity index (χ0) is 20.9. The van der Waals surface area contributed by atoms with Gasteiger partial charge in [-0.1, -0.05) is 18.2 Å². The normalized spacial score (nSPS) is 18.0. The van der Waals surface area contributed by atoms with Gasteiger partial charge in [-0.05, 0) is 45.2 Å². The van der Waals surface area contributed by atoms with Crippen LogP contribution in [0.4, 0.5) is 0 Å². The van der Waals surface area contributed by atoms with Crippen molar-refractivity contribution in [3.05, 3.63) is 59.5 Å². The lowest BCUT2D eigenvalue weighted by molar-refractivity contribution is 0.0603. The minimum absolute atomic E-state index is 0.00134. The first-order chi connectivity index (χ1) is 14.5. The summed E-state index contributed by atoms with van der Waals surface area (Å²) in [6.07, 6.45) is 5.72. The van der Waals surface area contributed by atoms with Crippen LogP contribution in [0.1, 0.15) is 59.1 Å². The number of hydrogen-bond acceptors (Lipinski definition) is 4. The van der Waals surface area contributed by atoms with Gasteiger partial charge >= 0.3 is 0 Å². The fraction of sp³-hybridized carbons (Fsp3) is 0.391. The van der Waals surface area contributed by atoms with Crippen LogP contribution in [0.2, 0.25) is 0 Å². The third-order valence-electron chi connectivity index (χ3n) is 6.33. The molecule has 1 saturated heterocycles. The molecule has 2 aliphatic rings. The van der Waals surface area contributed by atoms with Gasteiger partial charge in [-0.25, -0.2) is 0 Å². The molecule has 30 heavy (non-hydrogen) atoms. The molecule has 0 radical (unpaired) electrons. The van der Waals surface area contributed by atoms with Crippen LogP contribution in [0.5, 0.6) is 0 Å². The molecule has 0 bridgehead atoms. The topological polar surface area (TPSA) is 80.1 Å². The lowest BCUT2D eigenvalue weighted by Crippen LogP contribution is -2.59. The van der Waals surface area contributed by atoms with Crippen molar-refractivity contribution >= 4 is 22.7 Å². The van der Waals surface area contributed by atoms with Crippen molar-refractivity contribution in [1.82, 2.24) is 25.0 Å². The molecular weight excluding hydrogens is 378 g/mol. The number of aromatic nitrogens is 3. The van der Waals surface area contributed by atoms with Crippen LogP contribution >= 0.6 is 0 Å². The first-order valence-electron chi connectivity index (χ1n) is 10.5. The molecule has 1 N–H and O–H groups in total. The summed E-state index contributed by atoms with van der Waals surface area (Å²) >= 11 is 0. The van der Waals surface area contributed by atoms with E-state index in [0.29, 0.717) is 24.3 Å². The average Bonchev–Trinajstić information content (AvgIpc) is 3.18. The third kappa shape index (κ3) is 3.05. The molecule has 1 aromatic carbocycles. The van der Waals surface area contributed by atoms with Crippen molar-refractivity contribution in [2.75, 3.05) is 13.1 Å². The Kier molecular flexibility index (Phi) is 4.34. The van der Waals surface area contributed by atoms with Gasteiger partial charge in [0.05, 0.1) is 17.3 Å². The van der Waals surface area contributed by atoms with Crippen LogP contribution in [0, 0.1) is 0 Å². The van der Waals surface area contributed by atoms with Crippen LogP contribution in [0.3, 0.4) is 0 Å². The zero-order valence-electron chi connectivity index (χ0n) is 17.3. The van der Waals surface area contributed by atoms with E-state index in [2.05, 4.69) is 15.4 Å². The van der Waals surface area contributed by atoms with E-state index in [1.165, 1.54) is 0 Å². The molecule has 2 aromatic heterocycles. The molecule has 0 unspecified atom stereocenters. The minimum atomic E-state index is -0.298. The number of para-hydroxylation sites is 1. The zero-order valence-corrected chi connectivity index (χ0v) is 17.3. The van der Waals surface area contributed by atoms with Crippen LogP contribution < -0.4 is 5.32 Å². The maximum absolute atomic E-state index is 13.0. The van der Waals surface area contributed by atoms with E-state index in [1.54, 1.807) is 10.9 Å². The van der Waals surface area contributed by atoms with Gasteiger partial charge in [0.25, 0.3) is 11.8 Å². The van der Waals surface area contributed by atoms with Crippen LogP contribution in [0.15, 0.2) is 42.7 Å². The Balaban J connectivity index is 1.32. The number of carbonyl (C=O) groups excluding carboxylic acids is 2. The minimum Gasteiger partial charge on any atom is -0.345 e. The number of nitrogens with zero attached hydrogens (tertiary/aromatic N) is 4. The van der Waals surface area contributed by atoms with E-state index in [-0.39, 0.29) is 23.4 Å². The Morgan fingerprint density at radius 2 is 1.93 bits per heavy atom. The van der Waals surface area contributed by atoms with Crippen molar-refractivity contribution in [2.45, 2.75) is 44.7 Å². The molecular formula is C23H25N5O2. The summed E-state index contributed by atoms with van der Waals surface area (Å²) in [5.74, 6) is -0.0560.